The Bertz CT molecular complexity index is 704. The summed E-state index contributed by atoms with van der Waals surface area (Å²) < 4.78 is 5.34. The van der Waals surface area contributed by atoms with Crippen LogP contribution < -0.4 is 9.64 Å². The molecule has 0 amide bonds. The summed E-state index contributed by atoms with van der Waals surface area (Å²) in [6, 6.07) is 18.7. The van der Waals surface area contributed by atoms with Gasteiger partial charge in [-0.1, -0.05) is 48.5 Å². The minimum atomic E-state index is 0.880. The van der Waals surface area contributed by atoms with Gasteiger partial charge in [-0.3, -0.25) is 5.01 Å². The minimum Gasteiger partial charge on any atom is -0.496 e. The fourth-order valence-electron chi connectivity index (χ4n) is 3.07. The van der Waals surface area contributed by atoms with Crippen LogP contribution >= 0.6 is 0 Å². The van der Waals surface area contributed by atoms with Crippen molar-refractivity contribution >= 4 is 12.3 Å². The summed E-state index contributed by atoms with van der Waals surface area (Å²) in [6.07, 6.45) is 5.87. The number of nitrogens with zero attached hydrogens (tertiary/aromatic N) is 2. The van der Waals surface area contributed by atoms with E-state index in [1.54, 1.807) is 12.0 Å². The van der Waals surface area contributed by atoms with Crippen LogP contribution in [0.25, 0.3) is 6.08 Å². The molecule has 0 spiro atoms. The second kappa shape index (κ2) is 9.04. The van der Waals surface area contributed by atoms with Gasteiger partial charge in [-0.05, 0) is 18.2 Å². The van der Waals surface area contributed by atoms with Crippen LogP contribution in [0.5, 0.6) is 5.75 Å². The van der Waals surface area contributed by atoms with Crippen molar-refractivity contribution in [1.29, 1.82) is 0 Å². The van der Waals surface area contributed by atoms with Crippen molar-refractivity contribution in [2.45, 2.75) is 6.54 Å². The van der Waals surface area contributed by atoms with Crippen molar-refractivity contribution in [1.82, 2.24) is 5.01 Å². The van der Waals surface area contributed by atoms with Gasteiger partial charge in [0.05, 0.1) is 33.3 Å². The molecule has 3 rings (SSSR count). The average Bonchev–Trinajstić information content (AvgIpc) is 2.67. The summed E-state index contributed by atoms with van der Waals surface area (Å²) in [5.74, 6) is 0.880. The second-order valence-corrected chi connectivity index (χ2v) is 6.23. The van der Waals surface area contributed by atoms with Crippen LogP contribution in [-0.4, -0.2) is 44.5 Å². The molecule has 0 radical (unpaired) electrons. The number of ether oxygens (including phenoxy) is 1. The first-order chi connectivity index (χ1) is 12.3. The zero-order chi connectivity index (χ0) is 17.3. The van der Waals surface area contributed by atoms with E-state index in [2.05, 4.69) is 40.4 Å². The SMILES string of the molecule is COc1ccccc1/C=C/C=N\N1CC[NH+](Cc2ccccc2)CC1. The van der Waals surface area contributed by atoms with Gasteiger partial charge in [0, 0.05) is 17.3 Å². The molecule has 0 aliphatic carbocycles. The van der Waals surface area contributed by atoms with E-state index in [0.29, 0.717) is 0 Å². The molecule has 2 aromatic carbocycles. The summed E-state index contributed by atoms with van der Waals surface area (Å²) in [6.45, 7) is 5.36. The van der Waals surface area contributed by atoms with Crippen molar-refractivity contribution in [3.63, 3.8) is 0 Å². The largest absolute Gasteiger partial charge is 0.496 e. The van der Waals surface area contributed by atoms with Crippen LogP contribution in [0.1, 0.15) is 11.1 Å². The molecule has 130 valence electrons. The summed E-state index contributed by atoms with van der Waals surface area (Å²) >= 11 is 0. The lowest BCUT2D eigenvalue weighted by molar-refractivity contribution is -0.918. The van der Waals surface area contributed by atoms with Crippen molar-refractivity contribution in [3.05, 3.63) is 71.8 Å². The average molecular weight is 336 g/mol. The maximum atomic E-state index is 5.34. The van der Waals surface area contributed by atoms with Crippen LogP contribution in [0.4, 0.5) is 0 Å². The number of benzene rings is 2. The normalized spacial score (nSPS) is 16.0. The number of methoxy groups -OCH3 is 1. The van der Waals surface area contributed by atoms with Crippen LogP contribution in [-0.2, 0) is 6.54 Å². The number of hydrogen-bond acceptors (Lipinski definition) is 3. The Morgan fingerprint density at radius 1 is 1.04 bits per heavy atom. The molecule has 2 aromatic rings. The Balaban J connectivity index is 1.45. The number of para-hydroxylation sites is 1. The van der Waals surface area contributed by atoms with E-state index in [1.807, 2.05) is 42.6 Å². The Hall–Kier alpha value is -2.59. The van der Waals surface area contributed by atoms with Gasteiger partial charge in [-0.15, -0.1) is 0 Å². The van der Waals surface area contributed by atoms with E-state index in [-0.39, 0.29) is 0 Å². The maximum Gasteiger partial charge on any atom is 0.126 e. The molecule has 4 heteroatoms. The van der Waals surface area contributed by atoms with E-state index in [4.69, 9.17) is 4.74 Å². The van der Waals surface area contributed by atoms with Gasteiger partial charge in [0.25, 0.3) is 0 Å². The van der Waals surface area contributed by atoms with E-state index in [1.165, 1.54) is 5.56 Å². The van der Waals surface area contributed by atoms with Crippen LogP contribution in [0.15, 0.2) is 65.8 Å². The quantitative estimate of drug-likeness (QED) is 0.819. The first kappa shape index (κ1) is 17.2. The van der Waals surface area contributed by atoms with Crippen molar-refractivity contribution < 1.29 is 9.64 Å². The van der Waals surface area contributed by atoms with E-state index >= 15 is 0 Å². The number of rotatable bonds is 6. The van der Waals surface area contributed by atoms with E-state index in [0.717, 1.165) is 44.0 Å². The molecule has 0 bridgehead atoms. The highest BCUT2D eigenvalue weighted by atomic mass is 16.5. The molecule has 4 nitrogen and oxygen atoms in total. The molecule has 1 aliphatic heterocycles. The third kappa shape index (κ3) is 5.19. The van der Waals surface area contributed by atoms with E-state index in [9.17, 15) is 0 Å². The number of piperazine rings is 1. The lowest BCUT2D eigenvalue weighted by atomic mass is 10.2. The zero-order valence-corrected chi connectivity index (χ0v) is 14.8. The first-order valence-electron chi connectivity index (χ1n) is 8.81. The Morgan fingerprint density at radius 3 is 2.52 bits per heavy atom. The highest BCUT2D eigenvalue weighted by molar-refractivity contribution is 5.79. The summed E-state index contributed by atoms with van der Waals surface area (Å²) in [5.41, 5.74) is 2.47. The number of hydrogen-bond donors (Lipinski definition) is 1. The third-order valence-corrected chi connectivity index (χ3v) is 4.47. The number of quaternary nitrogens is 1. The minimum absolute atomic E-state index is 0.880. The third-order valence-electron chi connectivity index (χ3n) is 4.47. The summed E-state index contributed by atoms with van der Waals surface area (Å²) in [7, 11) is 1.69. The molecule has 1 N–H and O–H groups in total. The molecule has 0 saturated carbocycles. The van der Waals surface area contributed by atoms with Crippen LogP contribution in [0.3, 0.4) is 0 Å². The maximum absolute atomic E-state index is 5.34. The topological polar surface area (TPSA) is 29.3 Å². The molecule has 0 unspecified atom stereocenters. The lowest BCUT2D eigenvalue weighted by Crippen LogP contribution is -3.13. The Labute approximate surface area is 150 Å². The highest BCUT2D eigenvalue weighted by Gasteiger charge is 2.18. The zero-order valence-electron chi connectivity index (χ0n) is 14.8. The van der Waals surface area contributed by atoms with Gasteiger partial charge < -0.3 is 9.64 Å². The van der Waals surface area contributed by atoms with Gasteiger partial charge in [0.2, 0.25) is 0 Å². The summed E-state index contributed by atoms with van der Waals surface area (Å²) in [5, 5.41) is 6.72. The van der Waals surface area contributed by atoms with Crippen LogP contribution in [0, 0.1) is 0 Å². The molecule has 0 aromatic heterocycles. The number of hydrazone groups is 1. The smallest absolute Gasteiger partial charge is 0.126 e. The molecule has 1 heterocycles. The molecule has 1 aliphatic rings. The highest BCUT2D eigenvalue weighted by Crippen LogP contribution is 2.18. The molecule has 0 atom stereocenters. The first-order valence-corrected chi connectivity index (χ1v) is 8.81. The molecule has 1 fully saturated rings. The fourth-order valence-corrected chi connectivity index (χ4v) is 3.07. The molecule has 1 saturated heterocycles. The molecule has 25 heavy (non-hydrogen) atoms. The van der Waals surface area contributed by atoms with Crippen LogP contribution in [0.2, 0.25) is 0 Å². The number of nitrogens with one attached hydrogen (secondary N) is 1. The van der Waals surface area contributed by atoms with Gasteiger partial charge in [0.1, 0.15) is 12.3 Å². The Kier molecular flexibility index (Phi) is 6.23. The van der Waals surface area contributed by atoms with E-state index < -0.39 is 0 Å². The van der Waals surface area contributed by atoms with Crippen molar-refractivity contribution in [3.8, 4) is 5.75 Å². The van der Waals surface area contributed by atoms with Gasteiger partial charge >= 0.3 is 0 Å². The number of allylic oxidation sites excluding steroid dienone is 1. The summed E-state index contributed by atoms with van der Waals surface area (Å²) in [4.78, 5) is 1.63. The monoisotopic (exact) mass is 336 g/mol. The predicted molar refractivity (Wildman–Crippen MR) is 103 cm³/mol. The second-order valence-electron chi connectivity index (χ2n) is 6.23. The van der Waals surface area contributed by atoms with Gasteiger partial charge in [0.15, 0.2) is 0 Å². The molecular weight excluding hydrogens is 310 g/mol. The van der Waals surface area contributed by atoms with Gasteiger partial charge in [-0.25, -0.2) is 0 Å². The fraction of sp³-hybridized carbons (Fsp3) is 0.286. The predicted octanol–water partition coefficient (Wildman–Crippen LogP) is 2.09. The van der Waals surface area contributed by atoms with Crippen molar-refractivity contribution in [2.24, 2.45) is 5.10 Å². The van der Waals surface area contributed by atoms with Gasteiger partial charge in [-0.2, -0.15) is 5.10 Å². The standard InChI is InChI=1S/C21H25N3O/c1-25-21-12-6-5-10-20(21)11-7-13-22-24-16-14-23(15-17-24)18-19-8-3-2-4-9-19/h2-13H,14-18H2,1H3/p+1/b11-7+,22-13-. The van der Waals surface area contributed by atoms with Crippen molar-refractivity contribution in [2.75, 3.05) is 33.3 Å². The molecular formula is C21H26N3O+. The Morgan fingerprint density at radius 2 is 1.76 bits per heavy atom. The lowest BCUT2D eigenvalue weighted by Gasteiger charge is -2.30.